The highest BCUT2D eigenvalue weighted by Crippen LogP contribution is 2.42. The van der Waals surface area contributed by atoms with Gasteiger partial charge in [0.05, 0.1) is 18.8 Å². The Bertz CT molecular complexity index is 892. The van der Waals surface area contributed by atoms with Gasteiger partial charge in [0.25, 0.3) is 0 Å². The lowest BCUT2D eigenvalue weighted by atomic mass is 9.92. The highest BCUT2D eigenvalue weighted by Gasteiger charge is 2.35. The molecule has 6 heteroatoms. The normalized spacial score (nSPS) is 20.6. The van der Waals surface area contributed by atoms with Crippen LogP contribution in [0, 0.1) is 0 Å². The van der Waals surface area contributed by atoms with Crippen LogP contribution in [0.1, 0.15) is 29.2 Å². The van der Waals surface area contributed by atoms with Gasteiger partial charge >= 0.3 is 0 Å². The van der Waals surface area contributed by atoms with Crippen molar-refractivity contribution in [1.82, 2.24) is 4.90 Å². The van der Waals surface area contributed by atoms with E-state index in [0.29, 0.717) is 22.2 Å². The van der Waals surface area contributed by atoms with Crippen molar-refractivity contribution in [3.8, 4) is 0 Å². The summed E-state index contributed by atoms with van der Waals surface area (Å²) in [4.78, 5) is 2.14. The monoisotopic (exact) mass is 423 g/mol. The Labute approximate surface area is 173 Å². The van der Waals surface area contributed by atoms with Gasteiger partial charge in [-0.2, -0.15) is 0 Å². The van der Waals surface area contributed by atoms with Crippen molar-refractivity contribution in [2.75, 3.05) is 19.7 Å². The number of aliphatic hydroxyl groups excluding tert-OH is 2. The summed E-state index contributed by atoms with van der Waals surface area (Å²) in [6.07, 6.45) is 0.973. The molecule has 0 bridgehead atoms. The van der Waals surface area contributed by atoms with Crippen molar-refractivity contribution in [3.05, 3.63) is 73.7 Å². The van der Waals surface area contributed by atoms with Crippen LogP contribution < -0.4 is 0 Å². The smallest absolute Gasteiger partial charge is 0.0918 e. The Morgan fingerprint density at radius 2 is 1.78 bits per heavy atom. The fourth-order valence-corrected chi connectivity index (χ4v) is 4.97. The SMILES string of the molecule is OCC1C2=C(CCN1CC(O)c1cc(Cl)cc(Cl)c1)c1cc(Cl)ccc1C2. The van der Waals surface area contributed by atoms with E-state index in [1.807, 2.05) is 12.1 Å². The molecule has 1 heterocycles. The number of hydrogen-bond donors (Lipinski definition) is 2. The van der Waals surface area contributed by atoms with Crippen LogP contribution in [0.25, 0.3) is 5.57 Å². The molecule has 0 radical (unpaired) electrons. The maximum Gasteiger partial charge on any atom is 0.0918 e. The Morgan fingerprint density at radius 3 is 2.48 bits per heavy atom. The summed E-state index contributed by atoms with van der Waals surface area (Å²) in [6.45, 7) is 1.20. The molecule has 4 rings (SSSR count). The van der Waals surface area contributed by atoms with Crippen molar-refractivity contribution < 1.29 is 10.2 Å². The lowest BCUT2D eigenvalue weighted by molar-refractivity contribution is 0.0719. The Morgan fingerprint density at radius 1 is 1.04 bits per heavy atom. The zero-order valence-corrected chi connectivity index (χ0v) is 16.9. The molecule has 0 saturated carbocycles. The van der Waals surface area contributed by atoms with Crippen LogP contribution in [0.2, 0.25) is 15.1 Å². The lowest BCUT2D eigenvalue weighted by Gasteiger charge is -2.37. The van der Waals surface area contributed by atoms with Crippen molar-refractivity contribution in [2.24, 2.45) is 0 Å². The molecule has 0 amide bonds. The van der Waals surface area contributed by atoms with E-state index >= 15 is 0 Å². The summed E-state index contributed by atoms with van der Waals surface area (Å²) in [5, 5.41) is 22.5. The molecule has 142 valence electrons. The molecule has 2 N–H and O–H groups in total. The molecule has 0 aromatic heterocycles. The average molecular weight is 425 g/mol. The van der Waals surface area contributed by atoms with Crippen LogP contribution in [-0.2, 0) is 6.42 Å². The van der Waals surface area contributed by atoms with Gasteiger partial charge in [-0.15, -0.1) is 0 Å². The summed E-state index contributed by atoms with van der Waals surface area (Å²) in [7, 11) is 0. The Balaban J connectivity index is 1.57. The third-order valence-corrected chi connectivity index (χ3v) is 6.18. The van der Waals surface area contributed by atoms with Gasteiger partial charge in [0.1, 0.15) is 0 Å². The predicted octanol–water partition coefficient (Wildman–Crippen LogP) is 4.76. The minimum atomic E-state index is -0.726. The number of fused-ring (bicyclic) bond motifs is 2. The maximum absolute atomic E-state index is 10.7. The topological polar surface area (TPSA) is 43.7 Å². The first-order valence-corrected chi connectivity index (χ1v) is 10.1. The van der Waals surface area contributed by atoms with Gasteiger partial charge in [0.2, 0.25) is 0 Å². The number of aliphatic hydroxyl groups is 2. The van der Waals surface area contributed by atoms with E-state index < -0.39 is 6.10 Å². The fourth-order valence-electron chi connectivity index (χ4n) is 4.25. The molecule has 27 heavy (non-hydrogen) atoms. The molecule has 2 aromatic rings. The number of rotatable bonds is 4. The second-order valence-electron chi connectivity index (χ2n) is 7.14. The van der Waals surface area contributed by atoms with Crippen LogP contribution in [0.4, 0.5) is 0 Å². The Kier molecular flexibility index (Phi) is 5.52. The molecule has 0 fully saturated rings. The number of halogens is 3. The highest BCUT2D eigenvalue weighted by atomic mass is 35.5. The highest BCUT2D eigenvalue weighted by molar-refractivity contribution is 6.34. The molecular weight excluding hydrogens is 405 g/mol. The van der Waals surface area contributed by atoms with Crippen LogP contribution in [0.3, 0.4) is 0 Å². The minimum absolute atomic E-state index is 0.0174. The van der Waals surface area contributed by atoms with Crippen molar-refractivity contribution in [1.29, 1.82) is 0 Å². The van der Waals surface area contributed by atoms with E-state index in [-0.39, 0.29) is 12.6 Å². The van der Waals surface area contributed by atoms with E-state index in [2.05, 4.69) is 11.0 Å². The van der Waals surface area contributed by atoms with E-state index in [1.54, 1.807) is 18.2 Å². The van der Waals surface area contributed by atoms with E-state index in [1.165, 1.54) is 22.3 Å². The van der Waals surface area contributed by atoms with Crippen LogP contribution in [-0.4, -0.2) is 40.9 Å². The van der Waals surface area contributed by atoms with Crippen LogP contribution in [0.15, 0.2) is 42.0 Å². The first-order valence-electron chi connectivity index (χ1n) is 8.96. The number of nitrogens with zero attached hydrogens (tertiary/aromatic N) is 1. The van der Waals surface area contributed by atoms with Crippen molar-refractivity contribution in [3.63, 3.8) is 0 Å². The number of β-amino-alcohol motifs (C(OH)–C–C–N with tert-alkyl or cyclic N) is 1. The molecule has 2 unspecified atom stereocenters. The molecular formula is C21H20Cl3NO2. The van der Waals surface area contributed by atoms with Gasteiger partial charge in [-0.3, -0.25) is 4.90 Å². The fraction of sp³-hybridized carbons (Fsp3) is 0.333. The van der Waals surface area contributed by atoms with Gasteiger partial charge < -0.3 is 10.2 Å². The molecule has 3 nitrogen and oxygen atoms in total. The number of benzene rings is 2. The van der Waals surface area contributed by atoms with E-state index in [9.17, 15) is 10.2 Å². The number of hydrogen-bond acceptors (Lipinski definition) is 3. The third kappa shape index (κ3) is 3.77. The predicted molar refractivity (Wildman–Crippen MR) is 111 cm³/mol. The lowest BCUT2D eigenvalue weighted by Crippen LogP contribution is -2.45. The molecule has 1 aliphatic carbocycles. The second kappa shape index (κ2) is 7.75. The summed E-state index contributed by atoms with van der Waals surface area (Å²) >= 11 is 18.3. The summed E-state index contributed by atoms with van der Waals surface area (Å²) in [5.74, 6) is 0. The van der Waals surface area contributed by atoms with Gasteiger partial charge in [0.15, 0.2) is 0 Å². The largest absolute Gasteiger partial charge is 0.394 e. The molecule has 1 aliphatic heterocycles. The minimum Gasteiger partial charge on any atom is -0.394 e. The summed E-state index contributed by atoms with van der Waals surface area (Å²) < 4.78 is 0. The summed E-state index contributed by atoms with van der Waals surface area (Å²) in [5.41, 5.74) is 5.68. The van der Waals surface area contributed by atoms with Crippen molar-refractivity contribution in [2.45, 2.75) is 25.0 Å². The van der Waals surface area contributed by atoms with Gasteiger partial charge in [-0.1, -0.05) is 40.9 Å². The molecule has 2 aliphatic rings. The second-order valence-corrected chi connectivity index (χ2v) is 8.45. The van der Waals surface area contributed by atoms with E-state index in [4.69, 9.17) is 34.8 Å². The zero-order chi connectivity index (χ0) is 19.1. The van der Waals surface area contributed by atoms with E-state index in [0.717, 1.165) is 24.4 Å². The standard InChI is InChI=1S/C21H20Cl3NO2/c22-14-2-1-12-7-19-17(18(12)9-14)3-4-25(20(19)11-26)10-21(27)13-5-15(23)8-16(24)6-13/h1-2,5-6,8-9,20-21,26-27H,3-4,7,10-11H2. The first kappa shape index (κ1) is 19.3. The maximum atomic E-state index is 10.7. The van der Waals surface area contributed by atoms with Gasteiger partial charge in [0, 0.05) is 28.2 Å². The molecule has 0 saturated heterocycles. The quantitative estimate of drug-likeness (QED) is 0.744. The van der Waals surface area contributed by atoms with Crippen LogP contribution >= 0.6 is 34.8 Å². The summed E-state index contributed by atoms with van der Waals surface area (Å²) in [6, 6.07) is 11.0. The van der Waals surface area contributed by atoms with Crippen molar-refractivity contribution >= 4 is 40.4 Å². The van der Waals surface area contributed by atoms with Gasteiger partial charge in [-0.05, 0) is 71.0 Å². The third-order valence-electron chi connectivity index (χ3n) is 5.51. The van der Waals surface area contributed by atoms with Crippen LogP contribution in [0.5, 0.6) is 0 Å². The first-order chi connectivity index (χ1) is 13.0. The molecule has 2 atom stereocenters. The Hall–Kier alpha value is -1.07. The average Bonchev–Trinajstić information content (AvgIpc) is 2.98. The van der Waals surface area contributed by atoms with Gasteiger partial charge in [-0.25, -0.2) is 0 Å². The molecule has 2 aromatic carbocycles. The zero-order valence-electron chi connectivity index (χ0n) is 14.6. The molecule has 0 spiro atoms.